The molecule has 0 aliphatic heterocycles. The number of aromatic amines is 1. The Morgan fingerprint density at radius 3 is 2.48 bits per heavy atom. The number of halogens is 1. The molecule has 0 saturated carbocycles. The number of anilines is 1. The summed E-state index contributed by atoms with van der Waals surface area (Å²) in [5, 5.41) is 5.69. The molecule has 1 aromatic heterocycles. The normalized spacial score (nSPS) is 10.4. The molecule has 0 saturated heterocycles. The molecule has 0 atom stereocenters. The molecular formula is C19H16FN3O4. The molecule has 7 nitrogen and oxygen atoms in total. The smallest absolute Gasteiger partial charge is 0.355 e. The topological polar surface area (TPSA) is 100 Å². The monoisotopic (exact) mass is 369 g/mol. The minimum atomic E-state index is -0.669. The standard InChI is InChI=1S/C19H16FN3O4/c20-13-5-7-14(8-6-13)22-17(24)10-21-18(25)11-27-19(26)16-9-12-3-1-2-4-15(12)23-16/h1-9,23H,10-11H2,(H,21,25)(H,22,24). The van der Waals surface area contributed by atoms with E-state index in [1.807, 2.05) is 24.3 Å². The van der Waals surface area contributed by atoms with Crippen molar-refractivity contribution in [2.45, 2.75) is 0 Å². The van der Waals surface area contributed by atoms with E-state index in [1.54, 1.807) is 6.07 Å². The highest BCUT2D eigenvalue weighted by atomic mass is 19.1. The van der Waals surface area contributed by atoms with E-state index in [-0.39, 0.29) is 12.2 Å². The lowest BCUT2D eigenvalue weighted by atomic mass is 10.2. The molecule has 1 heterocycles. The van der Waals surface area contributed by atoms with E-state index in [9.17, 15) is 18.8 Å². The Kier molecular flexibility index (Phi) is 5.46. The van der Waals surface area contributed by atoms with Crippen LogP contribution in [0.15, 0.2) is 54.6 Å². The SMILES string of the molecule is O=C(COC(=O)c1cc2ccccc2[nH]1)NCC(=O)Nc1ccc(F)cc1. The molecule has 0 radical (unpaired) electrons. The van der Waals surface area contributed by atoms with E-state index in [1.165, 1.54) is 24.3 Å². The van der Waals surface area contributed by atoms with Crippen LogP contribution in [0.5, 0.6) is 0 Å². The summed E-state index contributed by atoms with van der Waals surface area (Å²) in [5.41, 5.74) is 1.42. The summed E-state index contributed by atoms with van der Waals surface area (Å²) < 4.78 is 17.7. The van der Waals surface area contributed by atoms with Crippen molar-refractivity contribution >= 4 is 34.4 Å². The summed E-state index contributed by atoms with van der Waals surface area (Å²) >= 11 is 0. The molecule has 3 rings (SSSR count). The summed E-state index contributed by atoms with van der Waals surface area (Å²) in [6.07, 6.45) is 0. The zero-order valence-electron chi connectivity index (χ0n) is 14.1. The largest absolute Gasteiger partial charge is 0.451 e. The van der Waals surface area contributed by atoms with Gasteiger partial charge in [-0.15, -0.1) is 0 Å². The van der Waals surface area contributed by atoms with Crippen molar-refractivity contribution in [1.82, 2.24) is 10.3 Å². The number of benzene rings is 2. The first-order valence-corrected chi connectivity index (χ1v) is 8.08. The van der Waals surface area contributed by atoms with Crippen LogP contribution in [0.2, 0.25) is 0 Å². The molecule has 0 aliphatic carbocycles. The first kappa shape index (κ1) is 18.1. The van der Waals surface area contributed by atoms with Crippen LogP contribution in [0, 0.1) is 5.82 Å². The molecule has 8 heteroatoms. The van der Waals surface area contributed by atoms with Gasteiger partial charge in [0.2, 0.25) is 5.91 Å². The van der Waals surface area contributed by atoms with Gasteiger partial charge in [-0.3, -0.25) is 9.59 Å². The Bertz CT molecular complexity index is 949. The number of hydrogen-bond donors (Lipinski definition) is 3. The van der Waals surface area contributed by atoms with Gasteiger partial charge in [-0.2, -0.15) is 0 Å². The first-order valence-electron chi connectivity index (χ1n) is 8.08. The maximum atomic E-state index is 12.8. The van der Waals surface area contributed by atoms with Crippen molar-refractivity contribution < 1.29 is 23.5 Å². The Balaban J connectivity index is 1.43. The van der Waals surface area contributed by atoms with Gasteiger partial charge in [0, 0.05) is 16.6 Å². The molecule has 2 aromatic carbocycles. The van der Waals surface area contributed by atoms with Gasteiger partial charge in [0.05, 0.1) is 6.54 Å². The number of amides is 2. The molecule has 0 bridgehead atoms. The second-order valence-corrected chi connectivity index (χ2v) is 5.68. The van der Waals surface area contributed by atoms with Crippen LogP contribution in [0.25, 0.3) is 10.9 Å². The molecule has 0 unspecified atom stereocenters. The maximum Gasteiger partial charge on any atom is 0.355 e. The highest BCUT2D eigenvalue weighted by molar-refractivity contribution is 5.97. The summed E-state index contributed by atoms with van der Waals surface area (Å²) in [7, 11) is 0. The van der Waals surface area contributed by atoms with E-state index in [0.29, 0.717) is 5.69 Å². The van der Waals surface area contributed by atoms with Gasteiger partial charge >= 0.3 is 5.97 Å². The fourth-order valence-corrected chi connectivity index (χ4v) is 2.36. The molecular weight excluding hydrogens is 353 g/mol. The molecule has 3 N–H and O–H groups in total. The molecule has 0 aliphatic rings. The maximum absolute atomic E-state index is 12.8. The zero-order valence-corrected chi connectivity index (χ0v) is 14.1. The van der Waals surface area contributed by atoms with Crippen molar-refractivity contribution in [1.29, 1.82) is 0 Å². The predicted octanol–water partition coefficient (Wildman–Crippen LogP) is 2.22. The fourth-order valence-electron chi connectivity index (χ4n) is 2.36. The summed E-state index contributed by atoms with van der Waals surface area (Å²) in [5.74, 6) is -2.19. The quantitative estimate of drug-likeness (QED) is 0.580. The lowest BCUT2D eigenvalue weighted by Crippen LogP contribution is -2.35. The van der Waals surface area contributed by atoms with Crippen LogP contribution >= 0.6 is 0 Å². The molecule has 3 aromatic rings. The van der Waals surface area contributed by atoms with Crippen LogP contribution in [0.3, 0.4) is 0 Å². The van der Waals surface area contributed by atoms with Gasteiger partial charge in [-0.1, -0.05) is 18.2 Å². The number of aromatic nitrogens is 1. The second kappa shape index (κ2) is 8.13. The van der Waals surface area contributed by atoms with Crippen LogP contribution in [-0.4, -0.2) is 35.9 Å². The molecule has 0 spiro atoms. The van der Waals surface area contributed by atoms with Crippen LogP contribution in [-0.2, 0) is 14.3 Å². The lowest BCUT2D eigenvalue weighted by molar-refractivity contribution is -0.126. The van der Waals surface area contributed by atoms with E-state index >= 15 is 0 Å². The van der Waals surface area contributed by atoms with Gasteiger partial charge in [-0.05, 0) is 36.4 Å². The highest BCUT2D eigenvalue weighted by Gasteiger charge is 2.13. The summed E-state index contributed by atoms with van der Waals surface area (Å²) in [6.45, 7) is -0.821. The number of para-hydroxylation sites is 1. The van der Waals surface area contributed by atoms with Crippen molar-refractivity contribution in [2.75, 3.05) is 18.5 Å². The Hall–Kier alpha value is -3.68. The zero-order chi connectivity index (χ0) is 19.2. The van der Waals surface area contributed by atoms with Crippen molar-refractivity contribution in [3.8, 4) is 0 Å². The number of ether oxygens (including phenoxy) is 1. The molecule has 0 fully saturated rings. The van der Waals surface area contributed by atoms with Gasteiger partial charge < -0.3 is 20.4 Å². The van der Waals surface area contributed by atoms with E-state index in [2.05, 4.69) is 15.6 Å². The van der Waals surface area contributed by atoms with Crippen molar-refractivity contribution in [3.63, 3.8) is 0 Å². The van der Waals surface area contributed by atoms with E-state index in [0.717, 1.165) is 10.9 Å². The number of nitrogens with one attached hydrogen (secondary N) is 3. The van der Waals surface area contributed by atoms with Gasteiger partial charge in [-0.25, -0.2) is 9.18 Å². The number of fused-ring (bicyclic) bond motifs is 1. The lowest BCUT2D eigenvalue weighted by Gasteiger charge is -2.07. The number of rotatable bonds is 6. The fraction of sp³-hybridized carbons (Fsp3) is 0.105. The number of esters is 1. The van der Waals surface area contributed by atoms with Gasteiger partial charge in [0.1, 0.15) is 11.5 Å². The molecule has 27 heavy (non-hydrogen) atoms. The van der Waals surface area contributed by atoms with Crippen LogP contribution in [0.4, 0.5) is 10.1 Å². The average Bonchev–Trinajstić information content (AvgIpc) is 3.10. The molecule has 138 valence electrons. The van der Waals surface area contributed by atoms with E-state index < -0.39 is 30.2 Å². The second-order valence-electron chi connectivity index (χ2n) is 5.68. The van der Waals surface area contributed by atoms with Gasteiger partial charge in [0.25, 0.3) is 5.91 Å². The minimum Gasteiger partial charge on any atom is -0.451 e. The summed E-state index contributed by atoms with van der Waals surface area (Å²) in [6, 6.07) is 14.2. The third-order valence-electron chi connectivity index (χ3n) is 3.66. The summed E-state index contributed by atoms with van der Waals surface area (Å²) in [4.78, 5) is 38.3. The first-order chi connectivity index (χ1) is 13.0. The number of hydrogen-bond acceptors (Lipinski definition) is 4. The van der Waals surface area contributed by atoms with Crippen LogP contribution < -0.4 is 10.6 Å². The predicted molar refractivity (Wildman–Crippen MR) is 96.6 cm³/mol. The third kappa shape index (κ3) is 4.91. The number of carbonyl (C=O) groups is 3. The van der Waals surface area contributed by atoms with Gasteiger partial charge in [0.15, 0.2) is 6.61 Å². The number of H-pyrrole nitrogens is 1. The van der Waals surface area contributed by atoms with E-state index in [4.69, 9.17) is 4.74 Å². The minimum absolute atomic E-state index is 0.234. The Morgan fingerprint density at radius 1 is 1.00 bits per heavy atom. The third-order valence-corrected chi connectivity index (χ3v) is 3.66. The van der Waals surface area contributed by atoms with Crippen molar-refractivity contribution in [3.05, 3.63) is 66.1 Å². The van der Waals surface area contributed by atoms with Crippen LogP contribution in [0.1, 0.15) is 10.5 Å². The Morgan fingerprint density at radius 2 is 1.74 bits per heavy atom. The average molecular weight is 369 g/mol. The van der Waals surface area contributed by atoms with Crippen molar-refractivity contribution in [2.24, 2.45) is 0 Å². The molecule has 2 amide bonds. The highest BCUT2D eigenvalue weighted by Crippen LogP contribution is 2.15. The Labute approximate surface area is 153 Å². The number of carbonyl (C=O) groups excluding carboxylic acids is 3.